The molecule has 0 N–H and O–H groups in total. The minimum absolute atomic E-state index is 0.112. The molecule has 1 amide bonds. The van der Waals surface area contributed by atoms with Crippen molar-refractivity contribution in [3.63, 3.8) is 0 Å². The molecular weight excluding hydrogens is 440 g/mol. The number of likely N-dealkylation sites (tertiary alicyclic amines) is 1. The first-order valence-corrected chi connectivity index (χ1v) is 12.5. The van der Waals surface area contributed by atoms with E-state index in [-0.39, 0.29) is 12.2 Å². The Balaban J connectivity index is 1.08. The molecule has 0 bridgehead atoms. The molecule has 5 rings (SSSR count). The van der Waals surface area contributed by atoms with E-state index in [0.717, 1.165) is 60.9 Å². The van der Waals surface area contributed by atoms with Gasteiger partial charge in [-0.3, -0.25) is 0 Å². The second kappa shape index (κ2) is 10.3. The molecule has 0 atom stereocenters. The number of hydrogen-bond donors (Lipinski definition) is 0. The molecule has 0 radical (unpaired) electrons. The number of hydrogen-bond acceptors (Lipinski definition) is 8. The predicted molar refractivity (Wildman–Crippen MR) is 123 cm³/mol. The van der Waals surface area contributed by atoms with Gasteiger partial charge in [0, 0.05) is 24.4 Å². The van der Waals surface area contributed by atoms with Crippen molar-refractivity contribution in [1.29, 1.82) is 0 Å². The van der Waals surface area contributed by atoms with Gasteiger partial charge in [-0.2, -0.15) is 0 Å². The molecule has 2 fully saturated rings. The average Bonchev–Trinajstić information content (AvgIpc) is 3.57. The lowest BCUT2D eigenvalue weighted by molar-refractivity contribution is 0.0405. The zero-order valence-electron chi connectivity index (χ0n) is 18.5. The quantitative estimate of drug-likeness (QED) is 0.531. The highest BCUT2D eigenvalue weighted by Crippen LogP contribution is 2.31. The molecule has 2 aromatic heterocycles. The van der Waals surface area contributed by atoms with E-state index >= 15 is 0 Å². The van der Waals surface area contributed by atoms with Crippen LogP contribution in [0.5, 0.6) is 5.75 Å². The Morgan fingerprint density at radius 1 is 1.06 bits per heavy atom. The third kappa shape index (κ3) is 5.50. The van der Waals surface area contributed by atoms with E-state index in [4.69, 9.17) is 14.5 Å². The second-order valence-electron chi connectivity index (χ2n) is 8.62. The summed E-state index contributed by atoms with van der Waals surface area (Å²) in [6.45, 7) is 1.89. The Labute approximate surface area is 196 Å². The second-order valence-corrected chi connectivity index (χ2v) is 9.51. The molecular formula is C23H28N6O3S. The monoisotopic (exact) mass is 468 g/mol. The van der Waals surface area contributed by atoms with E-state index in [1.54, 1.807) is 22.3 Å². The van der Waals surface area contributed by atoms with Gasteiger partial charge in [-0.05, 0) is 73.2 Å². The lowest BCUT2D eigenvalue weighted by atomic mass is 9.97. The number of carbonyl (C=O) groups is 1. The van der Waals surface area contributed by atoms with Gasteiger partial charge in [0.2, 0.25) is 0 Å². The maximum Gasteiger partial charge on any atom is 0.410 e. The van der Waals surface area contributed by atoms with Crippen molar-refractivity contribution in [3.05, 3.63) is 46.7 Å². The number of tetrazole rings is 1. The van der Waals surface area contributed by atoms with Crippen LogP contribution in [0.15, 0.2) is 36.0 Å². The first kappa shape index (κ1) is 21.8. The number of ether oxygens (including phenoxy) is 2. The predicted octanol–water partition coefficient (Wildman–Crippen LogP) is 4.35. The van der Waals surface area contributed by atoms with Crippen LogP contribution >= 0.6 is 11.3 Å². The van der Waals surface area contributed by atoms with Crippen molar-refractivity contribution in [2.45, 2.75) is 63.6 Å². The third-order valence-electron chi connectivity index (χ3n) is 6.33. The number of benzene rings is 1. The number of thiazole rings is 1. The third-order valence-corrected chi connectivity index (χ3v) is 7.38. The lowest BCUT2D eigenvalue weighted by Crippen LogP contribution is -2.40. The molecule has 3 aromatic rings. The highest BCUT2D eigenvalue weighted by atomic mass is 32.1. The van der Waals surface area contributed by atoms with E-state index in [0.29, 0.717) is 12.5 Å². The SMILES string of the molecule is O=C(OC1CCCCC1)N1CCC(c2nc(COc3ccc(-n4cnnn4)cc3)cs2)CC1. The van der Waals surface area contributed by atoms with Crippen LogP contribution in [0.3, 0.4) is 0 Å². The minimum atomic E-state index is -0.139. The summed E-state index contributed by atoms with van der Waals surface area (Å²) in [5.41, 5.74) is 1.80. The van der Waals surface area contributed by atoms with Crippen molar-refractivity contribution < 1.29 is 14.3 Å². The van der Waals surface area contributed by atoms with Gasteiger partial charge in [-0.15, -0.1) is 16.4 Å². The molecule has 0 unspecified atom stereocenters. The Hall–Kier alpha value is -3.01. The number of aromatic nitrogens is 5. The number of amides is 1. The van der Waals surface area contributed by atoms with Gasteiger partial charge >= 0.3 is 6.09 Å². The smallest absolute Gasteiger partial charge is 0.410 e. The normalized spacial score (nSPS) is 17.8. The summed E-state index contributed by atoms with van der Waals surface area (Å²) in [7, 11) is 0. The Bertz CT molecular complexity index is 1020. The number of rotatable bonds is 6. The highest BCUT2D eigenvalue weighted by Gasteiger charge is 2.28. The first-order chi connectivity index (χ1) is 16.2. The van der Waals surface area contributed by atoms with Gasteiger partial charge in [0.05, 0.1) is 16.4 Å². The van der Waals surface area contributed by atoms with E-state index < -0.39 is 0 Å². The Kier molecular flexibility index (Phi) is 6.80. The lowest BCUT2D eigenvalue weighted by Gasteiger charge is -2.32. The van der Waals surface area contributed by atoms with Crippen molar-refractivity contribution in [1.82, 2.24) is 30.1 Å². The fourth-order valence-corrected chi connectivity index (χ4v) is 5.39. The van der Waals surface area contributed by atoms with Gasteiger partial charge in [-0.1, -0.05) is 6.42 Å². The van der Waals surface area contributed by atoms with Crippen LogP contribution in [0.4, 0.5) is 4.79 Å². The number of piperidine rings is 1. The largest absolute Gasteiger partial charge is 0.487 e. The Morgan fingerprint density at radius 2 is 1.85 bits per heavy atom. The molecule has 1 aliphatic carbocycles. The Morgan fingerprint density at radius 3 is 2.58 bits per heavy atom. The van der Waals surface area contributed by atoms with Crippen LogP contribution < -0.4 is 4.74 Å². The van der Waals surface area contributed by atoms with Crippen molar-refractivity contribution >= 4 is 17.4 Å². The van der Waals surface area contributed by atoms with E-state index in [9.17, 15) is 4.79 Å². The fraction of sp³-hybridized carbons (Fsp3) is 0.522. The minimum Gasteiger partial charge on any atom is -0.487 e. The van der Waals surface area contributed by atoms with Crippen LogP contribution in [0.25, 0.3) is 5.69 Å². The summed E-state index contributed by atoms with van der Waals surface area (Å²) in [4.78, 5) is 19.1. The maximum atomic E-state index is 12.5. The topological polar surface area (TPSA) is 95.3 Å². The molecule has 1 saturated carbocycles. The number of carbonyl (C=O) groups excluding carboxylic acids is 1. The van der Waals surface area contributed by atoms with Crippen LogP contribution in [0.2, 0.25) is 0 Å². The average molecular weight is 469 g/mol. The summed E-state index contributed by atoms with van der Waals surface area (Å²) in [5, 5.41) is 14.4. The first-order valence-electron chi connectivity index (χ1n) is 11.6. The standard InChI is InChI=1S/C23H28N6O3S/c30-23(32-21-4-2-1-3-5-21)28-12-10-17(11-13-28)22-25-18(15-33-22)14-31-20-8-6-19(7-9-20)29-16-24-26-27-29/h6-9,15-17,21H,1-5,10-14H2. The summed E-state index contributed by atoms with van der Waals surface area (Å²) in [6.07, 6.45) is 8.99. The maximum absolute atomic E-state index is 12.5. The molecule has 0 spiro atoms. The summed E-state index contributed by atoms with van der Waals surface area (Å²) in [6, 6.07) is 7.61. The molecule has 2 aliphatic rings. The number of nitrogens with zero attached hydrogens (tertiary/aromatic N) is 6. The van der Waals surface area contributed by atoms with Gasteiger partial charge < -0.3 is 14.4 Å². The molecule has 10 heteroatoms. The summed E-state index contributed by atoms with van der Waals surface area (Å²) >= 11 is 1.68. The van der Waals surface area contributed by atoms with Gasteiger partial charge in [-0.25, -0.2) is 14.5 Å². The van der Waals surface area contributed by atoms with Gasteiger partial charge in [0.1, 0.15) is 24.8 Å². The fourth-order valence-electron chi connectivity index (χ4n) is 4.42. The summed E-state index contributed by atoms with van der Waals surface area (Å²) in [5.74, 6) is 1.16. The molecule has 9 nitrogen and oxygen atoms in total. The molecule has 1 saturated heterocycles. The van der Waals surface area contributed by atoms with Crippen LogP contribution in [0, 0.1) is 0 Å². The molecule has 1 aromatic carbocycles. The van der Waals surface area contributed by atoms with Gasteiger partial charge in [0.15, 0.2) is 0 Å². The van der Waals surface area contributed by atoms with Crippen molar-refractivity contribution in [2.24, 2.45) is 0 Å². The van der Waals surface area contributed by atoms with E-state index in [2.05, 4.69) is 20.9 Å². The van der Waals surface area contributed by atoms with Crippen molar-refractivity contribution in [3.8, 4) is 11.4 Å². The molecule has 174 valence electrons. The highest BCUT2D eigenvalue weighted by molar-refractivity contribution is 7.09. The zero-order valence-corrected chi connectivity index (χ0v) is 19.3. The molecule has 33 heavy (non-hydrogen) atoms. The van der Waals surface area contributed by atoms with E-state index in [1.165, 1.54) is 19.3 Å². The molecule has 3 heterocycles. The van der Waals surface area contributed by atoms with Crippen molar-refractivity contribution in [2.75, 3.05) is 13.1 Å². The summed E-state index contributed by atoms with van der Waals surface area (Å²) < 4.78 is 13.2. The van der Waals surface area contributed by atoms with Crippen LogP contribution in [-0.2, 0) is 11.3 Å². The molecule has 1 aliphatic heterocycles. The van der Waals surface area contributed by atoms with Gasteiger partial charge in [0.25, 0.3) is 0 Å². The zero-order chi connectivity index (χ0) is 22.5. The van der Waals surface area contributed by atoms with Crippen LogP contribution in [-0.4, -0.2) is 55.4 Å². The van der Waals surface area contributed by atoms with Crippen LogP contribution in [0.1, 0.15) is 61.6 Å². The van der Waals surface area contributed by atoms with E-state index in [1.807, 2.05) is 29.2 Å².